The van der Waals surface area contributed by atoms with Crippen molar-refractivity contribution in [1.82, 2.24) is 5.32 Å². The first-order chi connectivity index (χ1) is 8.51. The Balaban J connectivity index is 2.27. The van der Waals surface area contributed by atoms with Crippen LogP contribution in [0.25, 0.3) is 0 Å². The Hall–Kier alpha value is -0.530. The molecule has 2 atom stereocenters. The van der Waals surface area contributed by atoms with Gasteiger partial charge in [-0.15, -0.1) is 0 Å². The van der Waals surface area contributed by atoms with Crippen molar-refractivity contribution in [3.05, 3.63) is 34.9 Å². The van der Waals surface area contributed by atoms with Gasteiger partial charge in [-0.1, -0.05) is 44.5 Å². The number of hydrogen-bond donors (Lipinski definition) is 1. The van der Waals surface area contributed by atoms with E-state index in [-0.39, 0.29) is 0 Å². The predicted molar refractivity (Wildman–Crippen MR) is 79.2 cm³/mol. The lowest BCUT2D eigenvalue weighted by Gasteiger charge is -2.43. The van der Waals surface area contributed by atoms with Crippen LogP contribution < -0.4 is 5.32 Å². The summed E-state index contributed by atoms with van der Waals surface area (Å²) in [5.74, 6) is 1.32. The Morgan fingerprint density at radius 3 is 2.89 bits per heavy atom. The largest absolute Gasteiger partial charge is 0.316 e. The van der Waals surface area contributed by atoms with E-state index in [2.05, 4.69) is 44.3 Å². The van der Waals surface area contributed by atoms with Crippen LogP contribution in [0.2, 0.25) is 5.02 Å². The molecule has 2 rings (SSSR count). The number of benzene rings is 1. The van der Waals surface area contributed by atoms with Crippen LogP contribution in [0.15, 0.2) is 24.3 Å². The van der Waals surface area contributed by atoms with Gasteiger partial charge in [-0.3, -0.25) is 0 Å². The normalized spacial score (nSPS) is 28.6. The van der Waals surface area contributed by atoms with Crippen LogP contribution in [-0.2, 0) is 0 Å². The molecule has 18 heavy (non-hydrogen) atoms. The van der Waals surface area contributed by atoms with Crippen molar-refractivity contribution < 1.29 is 0 Å². The highest BCUT2D eigenvalue weighted by molar-refractivity contribution is 6.30. The summed E-state index contributed by atoms with van der Waals surface area (Å²) in [5, 5.41) is 4.39. The summed E-state index contributed by atoms with van der Waals surface area (Å²) in [6.45, 7) is 9.30. The molecule has 2 unspecified atom stereocenters. The van der Waals surface area contributed by atoms with E-state index in [1.54, 1.807) is 0 Å². The molecule has 2 heteroatoms. The van der Waals surface area contributed by atoms with E-state index < -0.39 is 0 Å². The van der Waals surface area contributed by atoms with E-state index in [1.807, 2.05) is 6.07 Å². The first-order valence-corrected chi connectivity index (χ1v) is 7.35. The molecule has 0 bridgehead atoms. The second-order valence-corrected chi connectivity index (χ2v) is 6.75. The molecule has 1 aliphatic heterocycles. The fourth-order valence-corrected chi connectivity index (χ4v) is 3.66. The zero-order valence-electron chi connectivity index (χ0n) is 11.7. The van der Waals surface area contributed by atoms with Crippen molar-refractivity contribution in [1.29, 1.82) is 0 Å². The van der Waals surface area contributed by atoms with E-state index in [0.29, 0.717) is 11.3 Å². The molecule has 1 nitrogen and oxygen atoms in total. The predicted octanol–water partition coefficient (Wildman–Crippen LogP) is 4.47. The minimum atomic E-state index is 0.393. The van der Waals surface area contributed by atoms with Gasteiger partial charge in [-0.25, -0.2) is 0 Å². The fourth-order valence-electron chi connectivity index (χ4n) is 3.46. The molecular weight excluding hydrogens is 242 g/mol. The van der Waals surface area contributed by atoms with Gasteiger partial charge < -0.3 is 5.32 Å². The quantitative estimate of drug-likeness (QED) is 0.850. The Labute approximate surface area is 116 Å². The van der Waals surface area contributed by atoms with Gasteiger partial charge in [0, 0.05) is 17.5 Å². The number of rotatable bonds is 3. The third kappa shape index (κ3) is 3.07. The molecule has 0 radical (unpaired) electrons. The molecule has 1 aromatic rings. The molecule has 1 saturated heterocycles. The summed E-state index contributed by atoms with van der Waals surface area (Å²) in [6, 6.07) is 8.39. The van der Waals surface area contributed by atoms with Gasteiger partial charge in [-0.2, -0.15) is 0 Å². The lowest BCUT2D eigenvalue weighted by Crippen LogP contribution is -2.42. The topological polar surface area (TPSA) is 12.0 Å². The Kier molecular flexibility index (Phi) is 4.34. The Bertz CT molecular complexity index is 402. The third-order valence-electron chi connectivity index (χ3n) is 4.19. The average Bonchev–Trinajstić information content (AvgIpc) is 2.27. The standard InChI is InChI=1S/C16H24ClN/c1-12(2)10-16(3)7-8-18-11-15(16)13-5-4-6-14(17)9-13/h4-6,9,12,15,18H,7-8,10-11H2,1-3H3. The molecule has 1 N–H and O–H groups in total. The number of halogens is 1. The summed E-state index contributed by atoms with van der Waals surface area (Å²) >= 11 is 6.14. The maximum Gasteiger partial charge on any atom is 0.0408 e. The van der Waals surface area contributed by atoms with Crippen molar-refractivity contribution in [2.24, 2.45) is 11.3 Å². The van der Waals surface area contributed by atoms with Crippen molar-refractivity contribution in [2.45, 2.75) is 39.5 Å². The molecule has 0 aromatic heterocycles. The lowest BCUT2D eigenvalue weighted by atomic mass is 9.65. The zero-order valence-corrected chi connectivity index (χ0v) is 12.4. The monoisotopic (exact) mass is 265 g/mol. The van der Waals surface area contributed by atoms with Crippen LogP contribution in [0, 0.1) is 11.3 Å². The smallest absolute Gasteiger partial charge is 0.0408 e. The van der Waals surface area contributed by atoms with Gasteiger partial charge in [0.15, 0.2) is 0 Å². The van der Waals surface area contributed by atoms with E-state index in [9.17, 15) is 0 Å². The summed E-state index contributed by atoms with van der Waals surface area (Å²) in [6.07, 6.45) is 2.54. The summed E-state index contributed by atoms with van der Waals surface area (Å²) in [4.78, 5) is 0. The highest BCUT2D eigenvalue weighted by atomic mass is 35.5. The summed E-state index contributed by atoms with van der Waals surface area (Å²) < 4.78 is 0. The number of nitrogens with one attached hydrogen (secondary N) is 1. The van der Waals surface area contributed by atoms with Crippen LogP contribution in [-0.4, -0.2) is 13.1 Å². The first kappa shape index (κ1) is 13.9. The second-order valence-electron chi connectivity index (χ2n) is 6.31. The van der Waals surface area contributed by atoms with E-state index in [1.165, 1.54) is 18.4 Å². The molecule has 1 aliphatic rings. The minimum Gasteiger partial charge on any atom is -0.316 e. The molecular formula is C16H24ClN. The lowest BCUT2D eigenvalue weighted by molar-refractivity contribution is 0.151. The van der Waals surface area contributed by atoms with Gasteiger partial charge in [0.2, 0.25) is 0 Å². The maximum atomic E-state index is 6.14. The molecule has 1 fully saturated rings. The van der Waals surface area contributed by atoms with E-state index >= 15 is 0 Å². The van der Waals surface area contributed by atoms with Gasteiger partial charge in [-0.05, 0) is 48.4 Å². The highest BCUT2D eigenvalue weighted by Gasteiger charge is 2.37. The fraction of sp³-hybridized carbons (Fsp3) is 0.625. The van der Waals surface area contributed by atoms with Crippen molar-refractivity contribution >= 4 is 11.6 Å². The van der Waals surface area contributed by atoms with Crippen LogP contribution in [0.3, 0.4) is 0 Å². The summed E-state index contributed by atoms with van der Waals surface area (Å²) in [5.41, 5.74) is 1.78. The first-order valence-electron chi connectivity index (χ1n) is 6.97. The Morgan fingerprint density at radius 1 is 1.44 bits per heavy atom. The van der Waals surface area contributed by atoms with Crippen LogP contribution >= 0.6 is 11.6 Å². The molecule has 1 heterocycles. The highest BCUT2D eigenvalue weighted by Crippen LogP contribution is 2.45. The van der Waals surface area contributed by atoms with Gasteiger partial charge in [0.1, 0.15) is 0 Å². The van der Waals surface area contributed by atoms with Crippen LogP contribution in [0.4, 0.5) is 0 Å². The molecule has 0 amide bonds. The van der Waals surface area contributed by atoms with Crippen molar-refractivity contribution in [3.8, 4) is 0 Å². The van der Waals surface area contributed by atoms with Crippen molar-refractivity contribution in [3.63, 3.8) is 0 Å². The van der Waals surface area contributed by atoms with Crippen LogP contribution in [0.5, 0.6) is 0 Å². The average molecular weight is 266 g/mol. The second kappa shape index (κ2) is 5.63. The zero-order chi connectivity index (χ0) is 13.2. The minimum absolute atomic E-state index is 0.393. The van der Waals surface area contributed by atoms with E-state index in [0.717, 1.165) is 24.0 Å². The molecule has 0 spiro atoms. The van der Waals surface area contributed by atoms with Crippen LogP contribution in [0.1, 0.15) is 45.1 Å². The third-order valence-corrected chi connectivity index (χ3v) is 4.42. The Morgan fingerprint density at radius 2 is 2.22 bits per heavy atom. The van der Waals surface area contributed by atoms with Gasteiger partial charge in [0.05, 0.1) is 0 Å². The summed E-state index contributed by atoms with van der Waals surface area (Å²) in [7, 11) is 0. The van der Waals surface area contributed by atoms with Gasteiger partial charge >= 0.3 is 0 Å². The van der Waals surface area contributed by atoms with E-state index in [4.69, 9.17) is 11.6 Å². The number of hydrogen-bond acceptors (Lipinski definition) is 1. The molecule has 0 saturated carbocycles. The molecule has 100 valence electrons. The van der Waals surface area contributed by atoms with Gasteiger partial charge in [0.25, 0.3) is 0 Å². The maximum absolute atomic E-state index is 6.14. The van der Waals surface area contributed by atoms with Crippen molar-refractivity contribution in [2.75, 3.05) is 13.1 Å². The molecule has 0 aliphatic carbocycles. The number of piperidine rings is 1. The molecule has 1 aromatic carbocycles. The SMILES string of the molecule is CC(C)CC1(C)CCNCC1c1cccc(Cl)c1.